The maximum Gasteiger partial charge on any atom is 0.255 e. The number of fused-ring (bicyclic) bond motifs is 1. The number of ether oxygens (including phenoxy) is 1. The summed E-state index contributed by atoms with van der Waals surface area (Å²) < 4.78 is 7.43. The summed E-state index contributed by atoms with van der Waals surface area (Å²) in [5, 5.41) is 4.04. The van der Waals surface area contributed by atoms with Crippen molar-refractivity contribution in [2.45, 2.75) is 6.54 Å². The number of amides is 2. The second-order valence-electron chi connectivity index (χ2n) is 8.69. The minimum atomic E-state index is -0.280. The molecule has 192 valence electrons. The molecule has 0 atom stereocenters. The lowest BCUT2D eigenvalue weighted by Crippen LogP contribution is -2.41. The second kappa shape index (κ2) is 12.5. The molecule has 0 radical (unpaired) electrons. The molecule has 1 aliphatic heterocycles. The normalized spacial score (nSPS) is 14.1. The third kappa shape index (κ3) is 6.63. The van der Waals surface area contributed by atoms with Crippen LogP contribution >= 0.6 is 12.4 Å². The fraction of sp³-hybridized carbons (Fsp3) is 0.346. The fourth-order valence-electron chi connectivity index (χ4n) is 4.13. The molecule has 1 aromatic carbocycles. The van der Waals surface area contributed by atoms with Gasteiger partial charge in [-0.3, -0.25) is 14.5 Å². The number of aryl methyl sites for hydroxylation is 1. The van der Waals surface area contributed by atoms with Gasteiger partial charge in [0.15, 0.2) is 0 Å². The first kappa shape index (κ1) is 27.2. The van der Waals surface area contributed by atoms with Gasteiger partial charge in [-0.2, -0.15) is 0 Å². The van der Waals surface area contributed by atoms with Crippen molar-refractivity contribution in [1.82, 2.24) is 24.7 Å². The van der Waals surface area contributed by atoms with Crippen LogP contribution in [0, 0.1) is 0 Å². The number of hydrogen-bond acceptors (Lipinski definition) is 6. The first-order valence-corrected chi connectivity index (χ1v) is 11.7. The van der Waals surface area contributed by atoms with Gasteiger partial charge in [0.25, 0.3) is 5.91 Å². The van der Waals surface area contributed by atoms with Crippen molar-refractivity contribution >= 4 is 47.0 Å². The molecule has 1 fully saturated rings. The predicted octanol–water partition coefficient (Wildman–Crippen LogP) is 2.31. The van der Waals surface area contributed by atoms with E-state index in [0.717, 1.165) is 49.4 Å². The molecule has 3 heterocycles. The molecule has 2 amide bonds. The molecule has 36 heavy (non-hydrogen) atoms. The number of anilines is 1. The van der Waals surface area contributed by atoms with Crippen LogP contribution in [0.1, 0.15) is 21.6 Å². The maximum atomic E-state index is 12.7. The SMILES string of the molecule is CN(Cc1cc2ccccc2n1C)C(=O)C=Cc1cnc(N)c(C(=O)NCCN2CCOCC2)c1.Cl. The Morgan fingerprint density at radius 2 is 1.97 bits per heavy atom. The zero-order valence-electron chi connectivity index (χ0n) is 20.6. The zero-order valence-corrected chi connectivity index (χ0v) is 21.5. The Morgan fingerprint density at radius 3 is 2.72 bits per heavy atom. The number of carbonyl (C=O) groups excluding carboxylic acids is 2. The van der Waals surface area contributed by atoms with E-state index in [1.165, 1.54) is 6.08 Å². The molecule has 1 saturated heterocycles. The van der Waals surface area contributed by atoms with Gasteiger partial charge in [-0.1, -0.05) is 18.2 Å². The Labute approximate surface area is 217 Å². The number of nitrogens with one attached hydrogen (secondary N) is 1. The van der Waals surface area contributed by atoms with E-state index in [2.05, 4.69) is 38.0 Å². The quantitative estimate of drug-likeness (QED) is 0.449. The summed E-state index contributed by atoms with van der Waals surface area (Å²) in [6.45, 7) is 4.90. The van der Waals surface area contributed by atoms with Crippen LogP contribution in [0.15, 0.2) is 48.7 Å². The number of nitrogens with two attached hydrogens (primary N) is 1. The van der Waals surface area contributed by atoms with E-state index >= 15 is 0 Å². The lowest BCUT2D eigenvalue weighted by molar-refractivity contribution is -0.125. The summed E-state index contributed by atoms with van der Waals surface area (Å²) in [4.78, 5) is 33.4. The highest BCUT2D eigenvalue weighted by atomic mass is 35.5. The summed E-state index contributed by atoms with van der Waals surface area (Å²) in [6, 6.07) is 11.9. The average Bonchev–Trinajstić information content (AvgIpc) is 3.18. The summed E-state index contributed by atoms with van der Waals surface area (Å²) in [7, 11) is 3.76. The highest BCUT2D eigenvalue weighted by molar-refractivity contribution is 5.99. The van der Waals surface area contributed by atoms with Crippen molar-refractivity contribution in [2.24, 2.45) is 7.05 Å². The van der Waals surface area contributed by atoms with Crippen molar-refractivity contribution in [2.75, 3.05) is 52.2 Å². The third-order valence-electron chi connectivity index (χ3n) is 6.25. The van der Waals surface area contributed by atoms with E-state index < -0.39 is 0 Å². The highest BCUT2D eigenvalue weighted by Gasteiger charge is 2.14. The van der Waals surface area contributed by atoms with E-state index in [4.69, 9.17) is 10.5 Å². The number of hydrogen-bond donors (Lipinski definition) is 2. The van der Waals surface area contributed by atoms with Crippen LogP contribution in [-0.4, -0.2) is 77.6 Å². The minimum Gasteiger partial charge on any atom is -0.383 e. The molecule has 4 rings (SSSR count). The molecule has 10 heteroatoms. The smallest absolute Gasteiger partial charge is 0.255 e. The van der Waals surface area contributed by atoms with Crippen LogP contribution in [0.4, 0.5) is 5.82 Å². The standard InChI is InChI=1S/C26H32N6O3.ClH/c1-30(18-21-16-20-5-3-4-6-23(20)31(21)2)24(33)8-7-19-15-22(25(27)29-17-19)26(34)28-9-10-32-11-13-35-14-12-32;/h3-8,15-17H,9-14,18H2,1-2H3,(H2,27,29)(H,28,34);1H. The van der Waals surface area contributed by atoms with Crippen molar-refractivity contribution < 1.29 is 14.3 Å². The minimum absolute atomic E-state index is 0. The van der Waals surface area contributed by atoms with Gasteiger partial charge < -0.3 is 25.3 Å². The monoisotopic (exact) mass is 512 g/mol. The van der Waals surface area contributed by atoms with Crippen LogP contribution in [-0.2, 0) is 23.1 Å². The summed E-state index contributed by atoms with van der Waals surface area (Å²) >= 11 is 0. The molecule has 0 aliphatic carbocycles. The number of nitrogens with zero attached hydrogens (tertiary/aromatic N) is 4. The van der Waals surface area contributed by atoms with Crippen molar-refractivity contribution in [3.05, 3.63) is 65.5 Å². The first-order chi connectivity index (χ1) is 16.9. The number of para-hydroxylation sites is 1. The number of carbonyl (C=O) groups is 2. The summed E-state index contributed by atoms with van der Waals surface area (Å²) in [5.74, 6) is -0.272. The molecule has 2 aromatic heterocycles. The highest BCUT2D eigenvalue weighted by Crippen LogP contribution is 2.19. The Kier molecular flexibility index (Phi) is 9.46. The zero-order chi connectivity index (χ0) is 24.8. The maximum absolute atomic E-state index is 12.7. The van der Waals surface area contributed by atoms with E-state index in [-0.39, 0.29) is 30.0 Å². The van der Waals surface area contributed by atoms with Crippen LogP contribution in [0.3, 0.4) is 0 Å². The number of morpholine rings is 1. The van der Waals surface area contributed by atoms with Gasteiger partial charge in [0, 0.05) is 63.8 Å². The number of rotatable bonds is 8. The van der Waals surface area contributed by atoms with Crippen LogP contribution in [0.5, 0.6) is 0 Å². The van der Waals surface area contributed by atoms with E-state index in [1.807, 2.05) is 19.2 Å². The molecule has 0 saturated carbocycles. The number of benzene rings is 1. The first-order valence-electron chi connectivity index (χ1n) is 11.7. The van der Waals surface area contributed by atoms with E-state index in [0.29, 0.717) is 24.2 Å². The van der Waals surface area contributed by atoms with Gasteiger partial charge in [-0.15, -0.1) is 12.4 Å². The molecular formula is C26H33ClN6O3. The van der Waals surface area contributed by atoms with Gasteiger partial charge in [0.05, 0.1) is 25.3 Å². The largest absolute Gasteiger partial charge is 0.383 e. The average molecular weight is 513 g/mol. The van der Waals surface area contributed by atoms with E-state index in [1.54, 1.807) is 30.3 Å². The predicted molar refractivity (Wildman–Crippen MR) is 144 cm³/mol. The molecular weight excluding hydrogens is 480 g/mol. The number of nitrogen functional groups attached to an aromatic ring is 1. The van der Waals surface area contributed by atoms with Crippen molar-refractivity contribution in [1.29, 1.82) is 0 Å². The third-order valence-corrected chi connectivity index (χ3v) is 6.25. The summed E-state index contributed by atoms with van der Waals surface area (Å²) in [5.41, 5.74) is 9.04. The van der Waals surface area contributed by atoms with Crippen molar-refractivity contribution in [3.63, 3.8) is 0 Å². The van der Waals surface area contributed by atoms with Gasteiger partial charge >= 0.3 is 0 Å². The topological polar surface area (TPSA) is 106 Å². The number of likely N-dealkylation sites (N-methyl/N-ethyl adjacent to an activating group) is 1. The van der Waals surface area contributed by atoms with Gasteiger partial charge in [-0.25, -0.2) is 4.98 Å². The molecule has 0 unspecified atom stereocenters. The molecule has 0 spiro atoms. The molecule has 1 aliphatic rings. The molecule has 0 bridgehead atoms. The lowest BCUT2D eigenvalue weighted by Gasteiger charge is -2.26. The Bertz CT molecular complexity index is 1240. The number of halogens is 1. The Balaban J connectivity index is 0.00000361. The van der Waals surface area contributed by atoms with Crippen LogP contribution in [0.25, 0.3) is 17.0 Å². The Hall–Kier alpha value is -3.40. The van der Waals surface area contributed by atoms with Gasteiger partial charge in [0.2, 0.25) is 5.91 Å². The number of pyridine rings is 1. The van der Waals surface area contributed by atoms with Crippen LogP contribution < -0.4 is 11.1 Å². The van der Waals surface area contributed by atoms with E-state index in [9.17, 15) is 9.59 Å². The van der Waals surface area contributed by atoms with Crippen LogP contribution in [0.2, 0.25) is 0 Å². The lowest BCUT2D eigenvalue weighted by atomic mass is 10.1. The fourth-order valence-corrected chi connectivity index (χ4v) is 4.13. The second-order valence-corrected chi connectivity index (χ2v) is 8.69. The summed E-state index contributed by atoms with van der Waals surface area (Å²) in [6.07, 6.45) is 4.68. The molecule has 9 nitrogen and oxygen atoms in total. The van der Waals surface area contributed by atoms with Gasteiger partial charge in [-0.05, 0) is 35.2 Å². The Morgan fingerprint density at radius 1 is 1.22 bits per heavy atom. The molecule has 3 aromatic rings. The van der Waals surface area contributed by atoms with Gasteiger partial charge in [0.1, 0.15) is 5.82 Å². The number of aromatic nitrogens is 2. The molecule has 3 N–H and O–H groups in total. The van der Waals surface area contributed by atoms with Crippen molar-refractivity contribution in [3.8, 4) is 0 Å².